The van der Waals surface area contributed by atoms with Crippen molar-refractivity contribution in [1.82, 2.24) is 4.98 Å². The number of aromatic nitrogens is 1. The normalized spacial score (nSPS) is 19.0. The maximum absolute atomic E-state index is 11.3. The van der Waals surface area contributed by atoms with Crippen LogP contribution in [0.1, 0.15) is 23.2 Å². The molecule has 98 valence electrons. The Morgan fingerprint density at radius 2 is 2.44 bits per heavy atom. The van der Waals surface area contributed by atoms with Gasteiger partial charge in [0.1, 0.15) is 5.82 Å². The number of ether oxygens (including phenoxy) is 1. The van der Waals surface area contributed by atoms with Crippen LogP contribution in [0, 0.1) is 5.92 Å². The average Bonchev–Trinajstić information content (AvgIpc) is 2.87. The summed E-state index contributed by atoms with van der Waals surface area (Å²) in [7, 11) is 1.37. The second kappa shape index (κ2) is 5.82. The Hall–Kier alpha value is -1.62. The van der Waals surface area contributed by atoms with Crippen LogP contribution in [0.2, 0.25) is 0 Å². The number of carbonyl (C=O) groups excluding carboxylic acids is 1. The Bertz CT molecular complexity index is 405. The SMILES string of the molecule is COC(=O)c1ccc(N2CCC(CCN)C2)nc1. The highest BCUT2D eigenvalue weighted by molar-refractivity contribution is 5.89. The molecule has 1 saturated heterocycles. The Morgan fingerprint density at radius 3 is 3.06 bits per heavy atom. The zero-order valence-corrected chi connectivity index (χ0v) is 10.6. The van der Waals surface area contributed by atoms with Crippen molar-refractivity contribution in [1.29, 1.82) is 0 Å². The van der Waals surface area contributed by atoms with Gasteiger partial charge in [-0.3, -0.25) is 0 Å². The van der Waals surface area contributed by atoms with Gasteiger partial charge in [0.2, 0.25) is 0 Å². The second-order valence-corrected chi connectivity index (χ2v) is 4.57. The lowest BCUT2D eigenvalue weighted by atomic mass is 10.1. The zero-order valence-electron chi connectivity index (χ0n) is 10.6. The van der Waals surface area contributed by atoms with Gasteiger partial charge in [-0.2, -0.15) is 0 Å². The molecule has 0 amide bonds. The summed E-state index contributed by atoms with van der Waals surface area (Å²) in [5, 5.41) is 0. The van der Waals surface area contributed by atoms with E-state index in [1.165, 1.54) is 7.11 Å². The average molecular weight is 249 g/mol. The van der Waals surface area contributed by atoms with Crippen LogP contribution >= 0.6 is 0 Å². The first-order chi connectivity index (χ1) is 8.74. The van der Waals surface area contributed by atoms with Crippen molar-refractivity contribution < 1.29 is 9.53 Å². The molecule has 0 aliphatic carbocycles. The van der Waals surface area contributed by atoms with Gasteiger partial charge >= 0.3 is 5.97 Å². The first-order valence-corrected chi connectivity index (χ1v) is 6.24. The predicted molar refractivity (Wildman–Crippen MR) is 69.6 cm³/mol. The van der Waals surface area contributed by atoms with Crippen LogP contribution in [-0.2, 0) is 4.74 Å². The van der Waals surface area contributed by atoms with E-state index in [1.54, 1.807) is 12.3 Å². The fourth-order valence-electron chi connectivity index (χ4n) is 2.32. The van der Waals surface area contributed by atoms with Gasteiger partial charge in [-0.05, 0) is 37.4 Å². The minimum atomic E-state index is -0.350. The molecule has 5 nitrogen and oxygen atoms in total. The molecule has 2 heterocycles. The summed E-state index contributed by atoms with van der Waals surface area (Å²) < 4.78 is 4.64. The number of nitrogens with two attached hydrogens (primary N) is 1. The number of esters is 1. The fourth-order valence-corrected chi connectivity index (χ4v) is 2.32. The Balaban J connectivity index is 2.00. The molecule has 1 aromatic heterocycles. The molecule has 1 atom stereocenters. The van der Waals surface area contributed by atoms with E-state index in [9.17, 15) is 4.79 Å². The molecule has 1 unspecified atom stereocenters. The fraction of sp³-hybridized carbons (Fsp3) is 0.538. The number of carbonyl (C=O) groups is 1. The lowest BCUT2D eigenvalue weighted by Gasteiger charge is -2.17. The number of nitrogens with zero attached hydrogens (tertiary/aromatic N) is 2. The number of anilines is 1. The molecule has 0 bridgehead atoms. The second-order valence-electron chi connectivity index (χ2n) is 4.57. The highest BCUT2D eigenvalue weighted by Crippen LogP contribution is 2.23. The third-order valence-corrected chi connectivity index (χ3v) is 3.35. The van der Waals surface area contributed by atoms with Gasteiger partial charge < -0.3 is 15.4 Å². The summed E-state index contributed by atoms with van der Waals surface area (Å²) >= 11 is 0. The van der Waals surface area contributed by atoms with E-state index in [0.717, 1.165) is 38.3 Å². The molecule has 0 spiro atoms. The number of pyridine rings is 1. The van der Waals surface area contributed by atoms with Crippen LogP contribution in [0.5, 0.6) is 0 Å². The minimum Gasteiger partial charge on any atom is -0.465 e. The van der Waals surface area contributed by atoms with Crippen LogP contribution < -0.4 is 10.6 Å². The Morgan fingerprint density at radius 1 is 1.61 bits per heavy atom. The number of hydrogen-bond donors (Lipinski definition) is 1. The van der Waals surface area contributed by atoms with E-state index < -0.39 is 0 Å². The van der Waals surface area contributed by atoms with E-state index in [2.05, 4.69) is 14.6 Å². The highest BCUT2D eigenvalue weighted by Gasteiger charge is 2.22. The molecule has 18 heavy (non-hydrogen) atoms. The van der Waals surface area contributed by atoms with Crippen LogP contribution in [0.25, 0.3) is 0 Å². The summed E-state index contributed by atoms with van der Waals surface area (Å²) in [5.41, 5.74) is 6.06. The first kappa shape index (κ1) is 12.8. The van der Waals surface area contributed by atoms with Crippen LogP contribution in [0.3, 0.4) is 0 Å². The van der Waals surface area contributed by atoms with E-state index in [1.807, 2.05) is 6.07 Å². The van der Waals surface area contributed by atoms with E-state index >= 15 is 0 Å². The molecule has 2 rings (SSSR count). The molecule has 0 radical (unpaired) electrons. The summed E-state index contributed by atoms with van der Waals surface area (Å²) in [4.78, 5) is 17.8. The molecule has 1 aliphatic rings. The molecule has 1 aromatic rings. The van der Waals surface area contributed by atoms with Gasteiger partial charge in [0.25, 0.3) is 0 Å². The molecule has 1 fully saturated rings. The molecule has 2 N–H and O–H groups in total. The lowest BCUT2D eigenvalue weighted by molar-refractivity contribution is 0.0600. The minimum absolute atomic E-state index is 0.350. The van der Waals surface area contributed by atoms with Crippen LogP contribution in [0.15, 0.2) is 18.3 Å². The Labute approximate surface area is 107 Å². The van der Waals surface area contributed by atoms with Crippen molar-refractivity contribution in [2.75, 3.05) is 31.6 Å². The van der Waals surface area contributed by atoms with Gasteiger partial charge in [0.05, 0.1) is 12.7 Å². The number of rotatable bonds is 4. The van der Waals surface area contributed by atoms with Crippen LogP contribution in [0.4, 0.5) is 5.82 Å². The Kier molecular flexibility index (Phi) is 4.15. The maximum atomic E-state index is 11.3. The summed E-state index contributed by atoms with van der Waals surface area (Å²) in [6.07, 6.45) is 3.80. The van der Waals surface area contributed by atoms with E-state index in [-0.39, 0.29) is 5.97 Å². The molecular weight excluding hydrogens is 230 g/mol. The van der Waals surface area contributed by atoms with E-state index in [4.69, 9.17) is 5.73 Å². The molecule has 0 aromatic carbocycles. The standard InChI is InChI=1S/C13H19N3O2/c1-18-13(17)11-2-3-12(15-8-11)16-7-5-10(9-16)4-6-14/h2-3,8,10H,4-7,9,14H2,1H3. The maximum Gasteiger partial charge on any atom is 0.339 e. The van der Waals surface area contributed by atoms with Gasteiger partial charge in [-0.1, -0.05) is 0 Å². The predicted octanol–water partition coefficient (Wildman–Crippen LogP) is 1.04. The summed E-state index contributed by atoms with van der Waals surface area (Å²) in [6.45, 7) is 2.75. The third-order valence-electron chi connectivity index (χ3n) is 3.35. The molecule has 5 heteroatoms. The monoisotopic (exact) mass is 249 g/mol. The first-order valence-electron chi connectivity index (χ1n) is 6.24. The molecule has 1 aliphatic heterocycles. The highest BCUT2D eigenvalue weighted by atomic mass is 16.5. The van der Waals surface area contributed by atoms with Gasteiger partial charge in [-0.15, -0.1) is 0 Å². The lowest BCUT2D eigenvalue weighted by Crippen LogP contribution is -2.21. The van der Waals surface area contributed by atoms with Crippen LogP contribution in [-0.4, -0.2) is 37.7 Å². The van der Waals surface area contributed by atoms with Crippen molar-refractivity contribution >= 4 is 11.8 Å². The number of methoxy groups -OCH3 is 1. The molecule has 0 saturated carbocycles. The van der Waals surface area contributed by atoms with E-state index in [0.29, 0.717) is 11.5 Å². The summed E-state index contributed by atoms with van der Waals surface area (Å²) in [6, 6.07) is 3.63. The quantitative estimate of drug-likeness (QED) is 0.808. The third kappa shape index (κ3) is 2.79. The largest absolute Gasteiger partial charge is 0.465 e. The zero-order chi connectivity index (χ0) is 13.0. The van der Waals surface area contributed by atoms with Gasteiger partial charge in [0.15, 0.2) is 0 Å². The van der Waals surface area contributed by atoms with Gasteiger partial charge in [-0.25, -0.2) is 9.78 Å². The smallest absolute Gasteiger partial charge is 0.339 e. The van der Waals surface area contributed by atoms with Crippen molar-refractivity contribution in [2.24, 2.45) is 11.7 Å². The van der Waals surface area contributed by atoms with Crippen molar-refractivity contribution in [3.63, 3.8) is 0 Å². The van der Waals surface area contributed by atoms with Crippen molar-refractivity contribution in [3.05, 3.63) is 23.9 Å². The van der Waals surface area contributed by atoms with Gasteiger partial charge in [0, 0.05) is 19.3 Å². The van der Waals surface area contributed by atoms with Crippen molar-refractivity contribution in [2.45, 2.75) is 12.8 Å². The number of hydrogen-bond acceptors (Lipinski definition) is 5. The molecular formula is C13H19N3O2. The topological polar surface area (TPSA) is 68.5 Å². The van der Waals surface area contributed by atoms with Crippen molar-refractivity contribution in [3.8, 4) is 0 Å². The summed E-state index contributed by atoms with van der Waals surface area (Å²) in [5.74, 6) is 1.23.